The van der Waals surface area contributed by atoms with Gasteiger partial charge in [-0.15, -0.1) is 0 Å². The Morgan fingerprint density at radius 1 is 1.23 bits per heavy atom. The van der Waals surface area contributed by atoms with Crippen LogP contribution in [0.5, 0.6) is 0 Å². The van der Waals surface area contributed by atoms with Crippen molar-refractivity contribution in [3.63, 3.8) is 0 Å². The molecule has 4 rings (SSSR count). The number of likely N-dealkylation sites (tertiary alicyclic amines) is 1. The lowest BCUT2D eigenvalue weighted by Gasteiger charge is -2.13. The third-order valence-electron chi connectivity index (χ3n) is 4.66. The van der Waals surface area contributed by atoms with Gasteiger partial charge >= 0.3 is 0 Å². The first kappa shape index (κ1) is 16.7. The van der Waals surface area contributed by atoms with Gasteiger partial charge in [-0.1, -0.05) is 0 Å². The topological polar surface area (TPSA) is 75.9 Å². The Hall–Kier alpha value is -2.80. The van der Waals surface area contributed by atoms with Gasteiger partial charge < -0.3 is 5.32 Å². The van der Waals surface area contributed by atoms with Gasteiger partial charge in [0.15, 0.2) is 0 Å². The highest BCUT2D eigenvalue weighted by atomic mass is 16.2. The molecule has 7 heteroatoms. The van der Waals surface area contributed by atoms with Crippen LogP contribution in [0.25, 0.3) is 22.2 Å². The number of carbonyl (C=O) groups excluding carboxylic acids is 1. The van der Waals surface area contributed by atoms with Gasteiger partial charge in [-0.3, -0.25) is 14.4 Å². The number of hydrogen-bond donors (Lipinski definition) is 1. The predicted molar refractivity (Wildman–Crippen MR) is 101 cm³/mol. The van der Waals surface area contributed by atoms with E-state index in [1.165, 1.54) is 12.8 Å². The van der Waals surface area contributed by atoms with Gasteiger partial charge in [0.25, 0.3) is 0 Å². The summed E-state index contributed by atoms with van der Waals surface area (Å²) in [5.74, 6) is 0.509. The molecule has 1 amide bonds. The standard InChI is InChI=1S/C19H22N6O/c1-2-25-12-15(11-21-25)16-6-5-14-10-20-18(9-17(14)22-16)23-19(26)13-24-7-3-4-8-24/h5-6,9-12H,2-4,7-8,13H2,1H3,(H,20,23,26). The van der Waals surface area contributed by atoms with Crippen molar-refractivity contribution in [1.82, 2.24) is 24.6 Å². The van der Waals surface area contributed by atoms with Crippen LogP contribution in [-0.4, -0.2) is 50.2 Å². The third kappa shape index (κ3) is 3.57. The van der Waals surface area contributed by atoms with E-state index in [0.29, 0.717) is 12.4 Å². The van der Waals surface area contributed by atoms with E-state index in [2.05, 4.69) is 20.3 Å². The smallest absolute Gasteiger partial charge is 0.239 e. The second-order valence-electron chi connectivity index (χ2n) is 6.57. The van der Waals surface area contributed by atoms with E-state index in [-0.39, 0.29) is 5.91 Å². The number of hydrogen-bond acceptors (Lipinski definition) is 5. The first-order valence-corrected chi connectivity index (χ1v) is 9.03. The maximum Gasteiger partial charge on any atom is 0.239 e. The molecule has 0 aromatic carbocycles. The van der Waals surface area contributed by atoms with Crippen molar-refractivity contribution < 1.29 is 4.79 Å². The summed E-state index contributed by atoms with van der Waals surface area (Å²) in [6, 6.07) is 5.78. The van der Waals surface area contributed by atoms with E-state index in [1.54, 1.807) is 6.20 Å². The Labute approximate surface area is 152 Å². The minimum absolute atomic E-state index is 0.0286. The Morgan fingerprint density at radius 2 is 2.08 bits per heavy atom. The van der Waals surface area contributed by atoms with Crippen LogP contribution in [0.4, 0.5) is 5.82 Å². The number of anilines is 1. The van der Waals surface area contributed by atoms with Gasteiger partial charge in [-0.05, 0) is 45.0 Å². The van der Waals surface area contributed by atoms with Crippen LogP contribution in [0, 0.1) is 0 Å². The van der Waals surface area contributed by atoms with E-state index < -0.39 is 0 Å². The minimum Gasteiger partial charge on any atom is -0.310 e. The summed E-state index contributed by atoms with van der Waals surface area (Å²) in [7, 11) is 0. The summed E-state index contributed by atoms with van der Waals surface area (Å²) in [5.41, 5.74) is 2.64. The Morgan fingerprint density at radius 3 is 2.85 bits per heavy atom. The van der Waals surface area contributed by atoms with Crippen molar-refractivity contribution in [2.24, 2.45) is 0 Å². The zero-order chi connectivity index (χ0) is 17.9. The molecule has 0 atom stereocenters. The van der Waals surface area contributed by atoms with Crippen LogP contribution in [-0.2, 0) is 11.3 Å². The molecule has 1 N–H and O–H groups in total. The third-order valence-corrected chi connectivity index (χ3v) is 4.66. The Bertz CT molecular complexity index is 929. The molecule has 26 heavy (non-hydrogen) atoms. The van der Waals surface area contributed by atoms with Gasteiger partial charge in [0.05, 0.1) is 24.0 Å². The number of nitrogens with one attached hydrogen (secondary N) is 1. The van der Waals surface area contributed by atoms with Crippen LogP contribution < -0.4 is 5.32 Å². The van der Waals surface area contributed by atoms with Crippen LogP contribution in [0.3, 0.4) is 0 Å². The molecule has 1 saturated heterocycles. The van der Waals surface area contributed by atoms with Crippen LogP contribution in [0.2, 0.25) is 0 Å². The van der Waals surface area contributed by atoms with Gasteiger partial charge in [-0.2, -0.15) is 5.10 Å². The number of nitrogens with zero attached hydrogens (tertiary/aromatic N) is 5. The molecule has 0 saturated carbocycles. The monoisotopic (exact) mass is 350 g/mol. The first-order chi connectivity index (χ1) is 12.7. The lowest BCUT2D eigenvalue weighted by molar-refractivity contribution is -0.117. The summed E-state index contributed by atoms with van der Waals surface area (Å²) >= 11 is 0. The fourth-order valence-electron chi connectivity index (χ4n) is 3.24. The fraction of sp³-hybridized carbons (Fsp3) is 0.368. The molecule has 4 heterocycles. The molecule has 3 aromatic rings. The minimum atomic E-state index is -0.0286. The molecule has 1 aliphatic heterocycles. The van der Waals surface area contributed by atoms with Gasteiger partial charge in [0, 0.05) is 36.0 Å². The van der Waals surface area contributed by atoms with Crippen molar-refractivity contribution in [1.29, 1.82) is 0 Å². The lowest BCUT2D eigenvalue weighted by Crippen LogP contribution is -2.31. The average molecular weight is 350 g/mol. The number of rotatable bonds is 5. The normalized spacial score (nSPS) is 14.8. The van der Waals surface area contributed by atoms with E-state index in [9.17, 15) is 4.79 Å². The van der Waals surface area contributed by atoms with Gasteiger partial charge in [0.1, 0.15) is 5.82 Å². The number of amides is 1. The molecule has 0 unspecified atom stereocenters. The summed E-state index contributed by atoms with van der Waals surface area (Å²) < 4.78 is 1.87. The number of pyridine rings is 2. The van der Waals surface area contributed by atoms with E-state index in [0.717, 1.165) is 41.8 Å². The highest BCUT2D eigenvalue weighted by Gasteiger charge is 2.15. The summed E-state index contributed by atoms with van der Waals surface area (Å²) in [6.45, 7) is 5.28. The fourth-order valence-corrected chi connectivity index (χ4v) is 3.24. The Balaban J connectivity index is 1.54. The molecule has 0 radical (unpaired) electrons. The molecule has 7 nitrogen and oxygen atoms in total. The zero-order valence-electron chi connectivity index (χ0n) is 14.9. The van der Waals surface area contributed by atoms with Crippen molar-refractivity contribution in [3.8, 4) is 11.3 Å². The SMILES string of the molecule is CCn1cc(-c2ccc3cnc(NC(=O)CN4CCCC4)cc3n2)cn1. The maximum atomic E-state index is 12.2. The molecular weight excluding hydrogens is 328 g/mol. The first-order valence-electron chi connectivity index (χ1n) is 9.03. The number of aromatic nitrogens is 4. The molecule has 3 aromatic heterocycles. The lowest BCUT2D eigenvalue weighted by atomic mass is 10.2. The quantitative estimate of drug-likeness (QED) is 0.765. The molecule has 1 aliphatic rings. The second kappa shape index (κ2) is 7.21. The van der Waals surface area contributed by atoms with Crippen molar-refractivity contribution in [2.45, 2.75) is 26.3 Å². The van der Waals surface area contributed by atoms with E-state index in [1.807, 2.05) is 42.2 Å². The molecular formula is C19H22N6O. The van der Waals surface area contributed by atoms with Gasteiger partial charge in [0.2, 0.25) is 5.91 Å². The van der Waals surface area contributed by atoms with Crippen LogP contribution in [0.1, 0.15) is 19.8 Å². The van der Waals surface area contributed by atoms with E-state index >= 15 is 0 Å². The highest BCUT2D eigenvalue weighted by molar-refractivity contribution is 5.93. The van der Waals surface area contributed by atoms with Crippen LogP contribution >= 0.6 is 0 Å². The zero-order valence-corrected chi connectivity index (χ0v) is 14.9. The molecule has 0 aliphatic carbocycles. The number of carbonyl (C=O) groups is 1. The predicted octanol–water partition coefficient (Wildman–Crippen LogP) is 2.55. The largest absolute Gasteiger partial charge is 0.310 e. The van der Waals surface area contributed by atoms with Crippen LogP contribution in [0.15, 0.2) is 36.8 Å². The number of aryl methyl sites for hydroxylation is 1. The summed E-state index contributed by atoms with van der Waals surface area (Å²) in [5, 5.41) is 8.12. The van der Waals surface area contributed by atoms with Crippen molar-refractivity contribution >= 4 is 22.6 Å². The molecule has 134 valence electrons. The van der Waals surface area contributed by atoms with Gasteiger partial charge in [-0.25, -0.2) is 9.97 Å². The Kier molecular flexibility index (Phi) is 4.62. The highest BCUT2D eigenvalue weighted by Crippen LogP contribution is 2.21. The average Bonchev–Trinajstić information content (AvgIpc) is 3.32. The second-order valence-corrected chi connectivity index (χ2v) is 6.57. The van der Waals surface area contributed by atoms with E-state index in [4.69, 9.17) is 4.98 Å². The molecule has 0 bridgehead atoms. The summed E-state index contributed by atoms with van der Waals surface area (Å²) in [6.07, 6.45) is 7.88. The maximum absolute atomic E-state index is 12.2. The van der Waals surface area contributed by atoms with Crippen molar-refractivity contribution in [2.75, 3.05) is 25.0 Å². The molecule has 0 spiro atoms. The summed E-state index contributed by atoms with van der Waals surface area (Å²) in [4.78, 5) is 23.4. The number of fused-ring (bicyclic) bond motifs is 1. The van der Waals surface area contributed by atoms with Crippen molar-refractivity contribution in [3.05, 3.63) is 36.8 Å². The molecule has 1 fully saturated rings.